The van der Waals surface area contributed by atoms with E-state index in [0.717, 1.165) is 0 Å². The van der Waals surface area contributed by atoms with Gasteiger partial charge < -0.3 is 15.3 Å². The molecule has 2 amide bonds. The fourth-order valence-corrected chi connectivity index (χ4v) is 2.83. The predicted octanol–water partition coefficient (Wildman–Crippen LogP) is 2.28. The number of carboxylic acids is 1. The van der Waals surface area contributed by atoms with Gasteiger partial charge in [0.25, 0.3) is 5.69 Å². The van der Waals surface area contributed by atoms with Crippen LogP contribution in [0.4, 0.5) is 17.1 Å². The number of nitro benzene ring substituents is 1. The van der Waals surface area contributed by atoms with Crippen LogP contribution in [0, 0.1) is 16.0 Å². The summed E-state index contributed by atoms with van der Waals surface area (Å²) in [6.07, 6.45) is 0.0238. The number of amides is 2. The quantitative estimate of drug-likeness (QED) is 0.614. The van der Waals surface area contributed by atoms with Crippen LogP contribution in [0.1, 0.15) is 16.8 Å². The van der Waals surface area contributed by atoms with Crippen LogP contribution >= 0.6 is 0 Å². The van der Waals surface area contributed by atoms with Gasteiger partial charge in [-0.2, -0.15) is 0 Å². The molecule has 2 N–H and O–H groups in total. The van der Waals surface area contributed by atoms with Crippen molar-refractivity contribution in [3.63, 3.8) is 0 Å². The van der Waals surface area contributed by atoms with Gasteiger partial charge >= 0.3 is 5.97 Å². The summed E-state index contributed by atoms with van der Waals surface area (Å²) in [6, 6.07) is 11.3. The highest BCUT2D eigenvalue weighted by Gasteiger charge is 2.35. The molecule has 27 heavy (non-hydrogen) atoms. The van der Waals surface area contributed by atoms with Crippen molar-refractivity contribution in [2.75, 3.05) is 16.8 Å². The molecule has 2 aromatic rings. The molecule has 1 saturated heterocycles. The lowest BCUT2D eigenvalue weighted by Gasteiger charge is -2.16. The highest BCUT2D eigenvalue weighted by atomic mass is 16.6. The zero-order valence-corrected chi connectivity index (χ0v) is 14.0. The zero-order chi connectivity index (χ0) is 19.6. The molecule has 3 rings (SSSR count). The number of carbonyl (C=O) groups excluding carboxylic acids is 2. The van der Waals surface area contributed by atoms with Gasteiger partial charge in [0.15, 0.2) is 0 Å². The molecule has 9 heteroatoms. The molecule has 0 aromatic heterocycles. The van der Waals surface area contributed by atoms with Crippen molar-refractivity contribution in [1.82, 2.24) is 0 Å². The van der Waals surface area contributed by atoms with Crippen LogP contribution < -0.4 is 10.2 Å². The molecule has 0 spiro atoms. The van der Waals surface area contributed by atoms with Gasteiger partial charge in [-0.1, -0.05) is 0 Å². The van der Waals surface area contributed by atoms with E-state index in [-0.39, 0.29) is 36.0 Å². The molecular weight excluding hydrogens is 354 g/mol. The Morgan fingerprint density at radius 1 is 1.11 bits per heavy atom. The fraction of sp³-hybridized carbons (Fsp3) is 0.167. The SMILES string of the molecule is O=C(O)c1ccc(NC(=O)[C@H]2CC(=O)N(c3ccc([N+](=O)[O-])cc3)C2)cc1. The Labute approximate surface area is 153 Å². The number of aromatic carboxylic acids is 1. The van der Waals surface area contributed by atoms with Crippen molar-refractivity contribution in [1.29, 1.82) is 0 Å². The van der Waals surface area contributed by atoms with E-state index in [1.54, 1.807) is 0 Å². The number of hydrogen-bond donors (Lipinski definition) is 2. The number of nitrogens with one attached hydrogen (secondary N) is 1. The van der Waals surface area contributed by atoms with Gasteiger partial charge in [0.2, 0.25) is 11.8 Å². The average Bonchev–Trinajstić information content (AvgIpc) is 3.04. The van der Waals surface area contributed by atoms with Crippen LogP contribution in [0.15, 0.2) is 48.5 Å². The van der Waals surface area contributed by atoms with Gasteiger partial charge in [0, 0.05) is 36.5 Å². The normalized spacial score (nSPS) is 16.2. The Bertz CT molecular complexity index is 908. The number of non-ortho nitro benzene ring substituents is 1. The van der Waals surface area contributed by atoms with Crippen LogP contribution in [0.3, 0.4) is 0 Å². The third-order valence-electron chi connectivity index (χ3n) is 4.27. The predicted molar refractivity (Wildman–Crippen MR) is 95.6 cm³/mol. The number of hydrogen-bond acceptors (Lipinski definition) is 5. The van der Waals surface area contributed by atoms with Gasteiger partial charge in [-0.05, 0) is 36.4 Å². The fourth-order valence-electron chi connectivity index (χ4n) is 2.83. The zero-order valence-electron chi connectivity index (χ0n) is 14.0. The molecular formula is C18H15N3O6. The molecule has 0 aliphatic carbocycles. The molecule has 0 bridgehead atoms. The number of anilines is 2. The van der Waals surface area contributed by atoms with Gasteiger partial charge in [-0.3, -0.25) is 19.7 Å². The first kappa shape index (κ1) is 18.1. The minimum absolute atomic E-state index is 0.0238. The largest absolute Gasteiger partial charge is 0.478 e. The summed E-state index contributed by atoms with van der Waals surface area (Å²) in [6.45, 7) is 0.162. The van der Waals surface area contributed by atoms with Crippen molar-refractivity contribution >= 4 is 34.8 Å². The van der Waals surface area contributed by atoms with Crippen molar-refractivity contribution in [2.24, 2.45) is 5.92 Å². The van der Waals surface area contributed by atoms with Gasteiger partial charge in [-0.25, -0.2) is 4.79 Å². The van der Waals surface area contributed by atoms with Crippen LogP contribution in [-0.2, 0) is 9.59 Å². The standard InChI is InChI=1S/C18H15N3O6/c22-16-9-12(10-20(16)14-5-7-15(8-6-14)21(26)27)17(23)19-13-3-1-11(2-4-13)18(24)25/h1-8,12H,9-10H2,(H,19,23)(H,24,25)/t12-/m0/s1. The molecule has 1 aliphatic heterocycles. The van der Waals surface area contributed by atoms with E-state index >= 15 is 0 Å². The summed E-state index contributed by atoms with van der Waals surface area (Å²) >= 11 is 0. The molecule has 1 fully saturated rings. The Morgan fingerprint density at radius 2 is 1.74 bits per heavy atom. The number of benzene rings is 2. The lowest BCUT2D eigenvalue weighted by Crippen LogP contribution is -2.28. The van der Waals surface area contributed by atoms with E-state index < -0.39 is 16.8 Å². The molecule has 0 radical (unpaired) electrons. The Kier molecular flexibility index (Phi) is 4.84. The molecule has 2 aromatic carbocycles. The smallest absolute Gasteiger partial charge is 0.335 e. The van der Waals surface area contributed by atoms with E-state index in [4.69, 9.17) is 5.11 Å². The summed E-state index contributed by atoms with van der Waals surface area (Å²) < 4.78 is 0. The minimum Gasteiger partial charge on any atom is -0.478 e. The van der Waals surface area contributed by atoms with Crippen LogP contribution in [-0.4, -0.2) is 34.4 Å². The molecule has 0 saturated carbocycles. The van der Waals surface area contributed by atoms with Gasteiger partial charge in [0.1, 0.15) is 0 Å². The molecule has 1 atom stereocenters. The second-order valence-corrected chi connectivity index (χ2v) is 6.05. The number of carboxylic acid groups (broad SMARTS) is 1. The lowest BCUT2D eigenvalue weighted by molar-refractivity contribution is -0.384. The topological polar surface area (TPSA) is 130 Å². The number of carbonyl (C=O) groups is 3. The average molecular weight is 369 g/mol. The Morgan fingerprint density at radius 3 is 2.30 bits per heavy atom. The molecule has 1 heterocycles. The first-order valence-corrected chi connectivity index (χ1v) is 8.04. The summed E-state index contributed by atoms with van der Waals surface area (Å²) in [4.78, 5) is 47.1. The number of nitrogens with zero attached hydrogens (tertiary/aromatic N) is 2. The van der Waals surface area contributed by atoms with E-state index in [1.807, 2.05) is 0 Å². The van der Waals surface area contributed by atoms with Gasteiger partial charge in [0.05, 0.1) is 16.4 Å². The summed E-state index contributed by atoms with van der Waals surface area (Å²) in [7, 11) is 0. The molecule has 138 valence electrons. The summed E-state index contributed by atoms with van der Waals surface area (Å²) in [5.41, 5.74) is 0.954. The highest BCUT2D eigenvalue weighted by molar-refractivity contribution is 6.03. The van der Waals surface area contributed by atoms with E-state index in [1.165, 1.54) is 53.4 Å². The van der Waals surface area contributed by atoms with Crippen molar-refractivity contribution in [3.05, 3.63) is 64.2 Å². The van der Waals surface area contributed by atoms with Crippen LogP contribution in [0.5, 0.6) is 0 Å². The second-order valence-electron chi connectivity index (χ2n) is 6.05. The van der Waals surface area contributed by atoms with Gasteiger partial charge in [-0.15, -0.1) is 0 Å². The van der Waals surface area contributed by atoms with Crippen molar-refractivity contribution < 1.29 is 24.4 Å². The van der Waals surface area contributed by atoms with Crippen molar-refractivity contribution in [2.45, 2.75) is 6.42 Å². The molecule has 0 unspecified atom stereocenters. The number of rotatable bonds is 5. The van der Waals surface area contributed by atoms with E-state index in [0.29, 0.717) is 11.4 Å². The van der Waals surface area contributed by atoms with Crippen LogP contribution in [0.25, 0.3) is 0 Å². The maximum absolute atomic E-state index is 12.4. The Balaban J connectivity index is 1.66. The maximum atomic E-state index is 12.4. The highest BCUT2D eigenvalue weighted by Crippen LogP contribution is 2.27. The maximum Gasteiger partial charge on any atom is 0.335 e. The third kappa shape index (κ3) is 3.92. The summed E-state index contributed by atoms with van der Waals surface area (Å²) in [5, 5.41) is 22.3. The van der Waals surface area contributed by atoms with Crippen molar-refractivity contribution in [3.8, 4) is 0 Å². The monoisotopic (exact) mass is 369 g/mol. The van der Waals surface area contributed by atoms with E-state index in [2.05, 4.69) is 5.32 Å². The second kappa shape index (κ2) is 7.24. The van der Waals surface area contributed by atoms with Crippen LogP contribution in [0.2, 0.25) is 0 Å². The first-order valence-electron chi connectivity index (χ1n) is 8.04. The summed E-state index contributed by atoms with van der Waals surface area (Å²) in [5.74, 6) is -2.24. The Hall–Kier alpha value is -3.75. The molecule has 9 nitrogen and oxygen atoms in total. The van der Waals surface area contributed by atoms with E-state index in [9.17, 15) is 24.5 Å². The lowest BCUT2D eigenvalue weighted by atomic mass is 10.1. The third-order valence-corrected chi connectivity index (χ3v) is 4.27. The first-order chi connectivity index (χ1) is 12.8. The minimum atomic E-state index is -1.06. The molecule has 1 aliphatic rings. The number of nitro groups is 1.